The minimum Gasteiger partial charge on any atom is -0.496 e. The molecule has 1 fully saturated rings. The maximum atomic E-state index is 12.4. The van der Waals surface area contributed by atoms with Gasteiger partial charge in [0.05, 0.1) is 19.2 Å². The van der Waals surface area contributed by atoms with E-state index in [0.717, 1.165) is 18.9 Å². The van der Waals surface area contributed by atoms with E-state index in [4.69, 9.17) is 21.1 Å². The summed E-state index contributed by atoms with van der Waals surface area (Å²) in [6, 6.07) is 6.78. The lowest BCUT2D eigenvalue weighted by atomic mass is 10.1. The number of anilines is 1. The monoisotopic (exact) mass is 404 g/mol. The quantitative estimate of drug-likeness (QED) is 0.714. The Labute approximate surface area is 170 Å². The maximum Gasteiger partial charge on any atom is 0.255 e. The summed E-state index contributed by atoms with van der Waals surface area (Å²) < 4.78 is 10.9. The van der Waals surface area contributed by atoms with Crippen LogP contribution >= 0.6 is 11.6 Å². The van der Waals surface area contributed by atoms with Crippen LogP contribution < -0.4 is 19.7 Å². The van der Waals surface area contributed by atoms with Gasteiger partial charge in [0.2, 0.25) is 5.88 Å². The lowest BCUT2D eigenvalue weighted by Crippen LogP contribution is -2.30. The van der Waals surface area contributed by atoms with Gasteiger partial charge < -0.3 is 19.7 Å². The first-order valence-corrected chi connectivity index (χ1v) is 9.80. The van der Waals surface area contributed by atoms with Crippen molar-refractivity contribution in [3.8, 4) is 11.6 Å². The number of aryl methyl sites for hydroxylation is 1. The number of nitrogens with zero attached hydrogens (tertiary/aromatic N) is 3. The number of nitrogens with one attached hydrogen (secondary N) is 1. The first kappa shape index (κ1) is 20.2. The molecule has 0 radical (unpaired) electrons. The second kappa shape index (κ2) is 9.59. The molecule has 1 amide bonds. The van der Waals surface area contributed by atoms with Crippen LogP contribution in [0.4, 0.5) is 5.82 Å². The number of methoxy groups -OCH3 is 1. The number of halogens is 1. The molecule has 0 unspecified atom stereocenters. The number of benzene rings is 1. The van der Waals surface area contributed by atoms with Crippen LogP contribution in [0, 0.1) is 6.92 Å². The average molecular weight is 405 g/mol. The van der Waals surface area contributed by atoms with Gasteiger partial charge in [-0.25, -0.2) is 4.98 Å². The Bertz CT molecular complexity index is 825. The second-order valence-electron chi connectivity index (χ2n) is 6.61. The lowest BCUT2D eigenvalue weighted by Gasteiger charge is -2.28. The fourth-order valence-corrected chi connectivity index (χ4v) is 3.33. The van der Waals surface area contributed by atoms with Crippen molar-refractivity contribution in [2.75, 3.05) is 38.3 Å². The predicted molar refractivity (Wildman–Crippen MR) is 109 cm³/mol. The second-order valence-corrected chi connectivity index (χ2v) is 7.04. The molecule has 1 aliphatic rings. The minimum atomic E-state index is -0.268. The van der Waals surface area contributed by atoms with Crippen molar-refractivity contribution >= 4 is 23.3 Å². The van der Waals surface area contributed by atoms with E-state index in [1.54, 1.807) is 18.2 Å². The van der Waals surface area contributed by atoms with Gasteiger partial charge in [0, 0.05) is 24.2 Å². The molecule has 1 aromatic carbocycles. The molecule has 1 aromatic heterocycles. The zero-order valence-corrected chi connectivity index (χ0v) is 17.0. The first-order chi connectivity index (χ1) is 13.6. The number of piperidine rings is 1. The highest BCUT2D eigenvalue weighted by Gasteiger charge is 2.15. The summed E-state index contributed by atoms with van der Waals surface area (Å²) in [5.41, 5.74) is 0.389. The van der Waals surface area contributed by atoms with Gasteiger partial charge >= 0.3 is 0 Å². The third kappa shape index (κ3) is 5.25. The minimum absolute atomic E-state index is 0.268. The van der Waals surface area contributed by atoms with Crippen LogP contribution in [0.15, 0.2) is 24.3 Å². The number of amides is 1. The van der Waals surface area contributed by atoms with Crippen molar-refractivity contribution in [3.63, 3.8) is 0 Å². The van der Waals surface area contributed by atoms with E-state index in [0.29, 0.717) is 41.2 Å². The van der Waals surface area contributed by atoms with Crippen LogP contribution in [0.3, 0.4) is 0 Å². The van der Waals surface area contributed by atoms with Crippen molar-refractivity contribution in [2.24, 2.45) is 0 Å². The Hall–Kier alpha value is -2.54. The molecule has 0 aliphatic carbocycles. The molecule has 8 heteroatoms. The number of hydrogen-bond acceptors (Lipinski definition) is 6. The molecule has 1 saturated heterocycles. The van der Waals surface area contributed by atoms with Gasteiger partial charge in [-0.3, -0.25) is 4.79 Å². The Kier molecular flexibility index (Phi) is 6.92. The summed E-state index contributed by atoms with van der Waals surface area (Å²) in [4.78, 5) is 23.5. The smallest absolute Gasteiger partial charge is 0.255 e. The lowest BCUT2D eigenvalue weighted by molar-refractivity contribution is 0.0943. The average Bonchev–Trinajstić information content (AvgIpc) is 2.71. The summed E-state index contributed by atoms with van der Waals surface area (Å²) in [5, 5.41) is 3.28. The SMILES string of the molecule is COc1ccc(Cl)cc1C(=O)NCCOc1cc(N2CCCCC2)nc(C)n1. The molecule has 0 bridgehead atoms. The topological polar surface area (TPSA) is 76.6 Å². The molecule has 0 atom stereocenters. The summed E-state index contributed by atoms with van der Waals surface area (Å²) in [6.07, 6.45) is 3.62. The Balaban J connectivity index is 1.54. The molecule has 1 N–H and O–H groups in total. The van der Waals surface area contributed by atoms with Gasteiger partial charge in [-0.05, 0) is 44.4 Å². The molecular weight excluding hydrogens is 380 g/mol. The van der Waals surface area contributed by atoms with Crippen LogP contribution in [0.5, 0.6) is 11.6 Å². The molecule has 1 aliphatic heterocycles. The van der Waals surface area contributed by atoms with Crippen molar-refractivity contribution < 1.29 is 14.3 Å². The first-order valence-electron chi connectivity index (χ1n) is 9.42. The third-order valence-corrected chi connectivity index (χ3v) is 4.76. The summed E-state index contributed by atoms with van der Waals surface area (Å²) >= 11 is 5.97. The predicted octanol–water partition coefficient (Wildman–Crippen LogP) is 3.25. The summed E-state index contributed by atoms with van der Waals surface area (Å²) in [6.45, 7) is 4.50. The molecular formula is C20H25ClN4O3. The third-order valence-electron chi connectivity index (χ3n) is 4.52. The maximum absolute atomic E-state index is 12.4. The summed E-state index contributed by atoms with van der Waals surface area (Å²) in [7, 11) is 1.51. The van der Waals surface area contributed by atoms with E-state index < -0.39 is 0 Å². The van der Waals surface area contributed by atoms with Gasteiger partial charge in [-0.1, -0.05) is 11.6 Å². The van der Waals surface area contributed by atoms with Crippen LogP contribution in [-0.2, 0) is 0 Å². The number of ether oxygens (including phenoxy) is 2. The molecule has 28 heavy (non-hydrogen) atoms. The standard InChI is InChI=1S/C20H25ClN4O3/c1-14-23-18(25-9-4-3-5-10-25)13-19(24-14)28-11-8-22-20(26)16-12-15(21)6-7-17(16)27-2/h6-7,12-13H,3-5,8-11H2,1-2H3,(H,22,26). The molecule has 2 heterocycles. The van der Waals surface area contributed by atoms with Crippen molar-refractivity contribution in [1.29, 1.82) is 0 Å². The van der Waals surface area contributed by atoms with Crippen LogP contribution in [0.1, 0.15) is 35.4 Å². The van der Waals surface area contributed by atoms with Crippen LogP contribution in [-0.4, -0.2) is 49.2 Å². The Morgan fingerprint density at radius 1 is 1.21 bits per heavy atom. The fraction of sp³-hybridized carbons (Fsp3) is 0.450. The number of carbonyl (C=O) groups is 1. The highest BCUT2D eigenvalue weighted by molar-refractivity contribution is 6.31. The molecule has 3 rings (SSSR count). The van der Waals surface area contributed by atoms with E-state index in [9.17, 15) is 4.79 Å². The highest BCUT2D eigenvalue weighted by atomic mass is 35.5. The Morgan fingerprint density at radius 2 is 2.00 bits per heavy atom. The zero-order valence-electron chi connectivity index (χ0n) is 16.2. The van der Waals surface area contributed by atoms with Crippen molar-refractivity contribution in [2.45, 2.75) is 26.2 Å². The van der Waals surface area contributed by atoms with Crippen LogP contribution in [0.2, 0.25) is 5.02 Å². The van der Waals surface area contributed by atoms with E-state index in [-0.39, 0.29) is 5.91 Å². The van der Waals surface area contributed by atoms with Crippen LogP contribution in [0.25, 0.3) is 0 Å². The van der Waals surface area contributed by atoms with E-state index in [2.05, 4.69) is 20.2 Å². The number of aromatic nitrogens is 2. The number of hydrogen-bond donors (Lipinski definition) is 1. The van der Waals surface area contributed by atoms with E-state index >= 15 is 0 Å². The number of rotatable bonds is 7. The zero-order chi connectivity index (χ0) is 19.9. The molecule has 150 valence electrons. The molecule has 7 nitrogen and oxygen atoms in total. The highest BCUT2D eigenvalue weighted by Crippen LogP contribution is 2.23. The normalized spacial score (nSPS) is 13.9. The molecule has 2 aromatic rings. The van der Waals surface area contributed by atoms with Gasteiger partial charge in [0.15, 0.2) is 0 Å². The fourth-order valence-electron chi connectivity index (χ4n) is 3.16. The molecule has 0 spiro atoms. The number of carbonyl (C=O) groups excluding carboxylic acids is 1. The van der Waals surface area contributed by atoms with Crippen molar-refractivity contribution in [3.05, 3.63) is 40.7 Å². The van der Waals surface area contributed by atoms with Crippen molar-refractivity contribution in [1.82, 2.24) is 15.3 Å². The van der Waals surface area contributed by atoms with Gasteiger partial charge in [0.1, 0.15) is 24.0 Å². The largest absolute Gasteiger partial charge is 0.496 e. The van der Waals surface area contributed by atoms with Gasteiger partial charge in [0.25, 0.3) is 5.91 Å². The summed E-state index contributed by atoms with van der Waals surface area (Å²) in [5.74, 6) is 2.29. The van der Waals surface area contributed by atoms with E-state index in [1.807, 2.05) is 13.0 Å². The van der Waals surface area contributed by atoms with Gasteiger partial charge in [-0.2, -0.15) is 4.98 Å². The Morgan fingerprint density at radius 3 is 2.75 bits per heavy atom. The van der Waals surface area contributed by atoms with E-state index in [1.165, 1.54) is 26.4 Å². The molecule has 0 saturated carbocycles. The van der Waals surface area contributed by atoms with Gasteiger partial charge in [-0.15, -0.1) is 0 Å².